The third-order valence-electron chi connectivity index (χ3n) is 3.72. The van der Waals surface area contributed by atoms with Crippen LogP contribution in [-0.2, 0) is 11.3 Å². The standard InChI is InChI=1S/C20H18F3N3O2/c1-26(2)17-9-7-14(8-10-17)11-16(12-24)19(27)25-13-15-5-3-4-6-18(15)28-20(21,22)23/h3-11H,13H2,1-2H3,(H,25,27). The molecule has 0 aliphatic heterocycles. The Labute approximate surface area is 160 Å². The number of rotatable bonds is 6. The van der Waals surface area contributed by atoms with Gasteiger partial charge in [0, 0.05) is 31.9 Å². The van der Waals surface area contributed by atoms with Crippen LogP contribution in [0.1, 0.15) is 11.1 Å². The van der Waals surface area contributed by atoms with Gasteiger partial charge in [-0.05, 0) is 29.8 Å². The molecule has 0 saturated carbocycles. The van der Waals surface area contributed by atoms with Gasteiger partial charge in [0.25, 0.3) is 5.91 Å². The number of alkyl halides is 3. The molecule has 0 unspecified atom stereocenters. The monoisotopic (exact) mass is 389 g/mol. The minimum absolute atomic E-state index is 0.140. The van der Waals surface area contributed by atoms with Gasteiger partial charge in [-0.25, -0.2) is 0 Å². The third-order valence-corrected chi connectivity index (χ3v) is 3.72. The molecule has 0 saturated heterocycles. The lowest BCUT2D eigenvalue weighted by atomic mass is 10.1. The maximum absolute atomic E-state index is 12.5. The predicted molar refractivity (Wildman–Crippen MR) is 99.3 cm³/mol. The summed E-state index contributed by atoms with van der Waals surface area (Å²) in [5, 5.41) is 11.7. The molecule has 0 bridgehead atoms. The van der Waals surface area contributed by atoms with Gasteiger partial charge in [0.2, 0.25) is 0 Å². The minimum Gasteiger partial charge on any atom is -0.405 e. The SMILES string of the molecule is CN(C)c1ccc(C=C(C#N)C(=O)NCc2ccccc2OC(F)(F)F)cc1. The Hall–Kier alpha value is -3.47. The summed E-state index contributed by atoms with van der Waals surface area (Å²) in [5.41, 5.74) is 1.59. The minimum atomic E-state index is -4.84. The molecule has 2 rings (SSSR count). The van der Waals surface area contributed by atoms with Crippen molar-refractivity contribution < 1.29 is 22.7 Å². The number of nitriles is 1. The highest BCUT2D eigenvalue weighted by Crippen LogP contribution is 2.26. The number of para-hydroxylation sites is 1. The molecule has 0 aromatic heterocycles. The maximum Gasteiger partial charge on any atom is 0.573 e. The molecule has 0 radical (unpaired) electrons. The number of hydrogen-bond acceptors (Lipinski definition) is 4. The molecule has 1 amide bonds. The Morgan fingerprint density at radius 2 is 1.82 bits per heavy atom. The van der Waals surface area contributed by atoms with E-state index in [2.05, 4.69) is 10.1 Å². The zero-order valence-electron chi connectivity index (χ0n) is 15.2. The third kappa shape index (κ3) is 6.06. The molecule has 2 aromatic rings. The average Bonchev–Trinajstić information content (AvgIpc) is 2.64. The number of halogens is 3. The first-order valence-corrected chi connectivity index (χ1v) is 8.20. The summed E-state index contributed by atoms with van der Waals surface area (Å²) < 4.78 is 41.3. The Morgan fingerprint density at radius 1 is 1.18 bits per heavy atom. The largest absolute Gasteiger partial charge is 0.573 e. The summed E-state index contributed by atoms with van der Waals surface area (Å²) in [4.78, 5) is 14.2. The van der Waals surface area contributed by atoms with E-state index >= 15 is 0 Å². The molecule has 0 aliphatic rings. The number of nitrogens with zero attached hydrogens (tertiary/aromatic N) is 2. The summed E-state index contributed by atoms with van der Waals surface area (Å²) in [7, 11) is 3.78. The Kier molecular flexibility index (Phi) is 6.66. The quantitative estimate of drug-likeness (QED) is 0.602. The number of carbonyl (C=O) groups is 1. The maximum atomic E-state index is 12.5. The number of benzene rings is 2. The molecule has 0 atom stereocenters. The lowest BCUT2D eigenvalue weighted by molar-refractivity contribution is -0.274. The Balaban J connectivity index is 2.10. The van der Waals surface area contributed by atoms with Crippen LogP contribution < -0.4 is 15.0 Å². The van der Waals surface area contributed by atoms with Gasteiger partial charge < -0.3 is 15.0 Å². The van der Waals surface area contributed by atoms with Crippen LogP contribution in [0.15, 0.2) is 54.1 Å². The van der Waals surface area contributed by atoms with E-state index in [0.29, 0.717) is 5.56 Å². The number of hydrogen-bond donors (Lipinski definition) is 1. The topological polar surface area (TPSA) is 65.4 Å². The molecular weight excluding hydrogens is 371 g/mol. The second-order valence-electron chi connectivity index (χ2n) is 5.99. The molecule has 8 heteroatoms. The van der Waals surface area contributed by atoms with Crippen molar-refractivity contribution in [1.29, 1.82) is 5.26 Å². The summed E-state index contributed by atoms with van der Waals surface area (Å²) >= 11 is 0. The highest BCUT2D eigenvalue weighted by atomic mass is 19.4. The van der Waals surface area contributed by atoms with Crippen LogP contribution in [0.4, 0.5) is 18.9 Å². The number of carbonyl (C=O) groups excluding carboxylic acids is 1. The molecule has 28 heavy (non-hydrogen) atoms. The molecule has 0 spiro atoms. The number of amides is 1. The summed E-state index contributed by atoms with van der Waals surface area (Å²) in [6.45, 7) is -0.219. The van der Waals surface area contributed by atoms with E-state index in [1.807, 2.05) is 31.1 Å². The van der Waals surface area contributed by atoms with Gasteiger partial charge in [-0.3, -0.25) is 4.79 Å². The van der Waals surface area contributed by atoms with Gasteiger partial charge in [0.05, 0.1) is 0 Å². The number of ether oxygens (including phenoxy) is 1. The lowest BCUT2D eigenvalue weighted by Crippen LogP contribution is -2.25. The van der Waals surface area contributed by atoms with Gasteiger partial charge in [-0.1, -0.05) is 30.3 Å². The van der Waals surface area contributed by atoms with Crippen molar-refractivity contribution in [3.63, 3.8) is 0 Å². The first-order chi connectivity index (χ1) is 13.2. The van der Waals surface area contributed by atoms with E-state index in [4.69, 9.17) is 0 Å². The normalized spacial score (nSPS) is 11.5. The average molecular weight is 389 g/mol. The van der Waals surface area contributed by atoms with Gasteiger partial charge in [-0.15, -0.1) is 13.2 Å². The zero-order valence-corrected chi connectivity index (χ0v) is 15.2. The highest BCUT2D eigenvalue weighted by molar-refractivity contribution is 6.01. The zero-order chi connectivity index (χ0) is 20.7. The van der Waals surface area contributed by atoms with Gasteiger partial charge in [-0.2, -0.15) is 5.26 Å². The molecule has 5 nitrogen and oxygen atoms in total. The van der Waals surface area contributed by atoms with Crippen LogP contribution in [0, 0.1) is 11.3 Å². The molecule has 146 valence electrons. The van der Waals surface area contributed by atoms with E-state index in [1.54, 1.807) is 18.2 Å². The van der Waals surface area contributed by atoms with Crippen LogP contribution in [0.5, 0.6) is 5.75 Å². The van der Waals surface area contributed by atoms with Crippen molar-refractivity contribution in [1.82, 2.24) is 5.32 Å². The Bertz CT molecular complexity index is 898. The second kappa shape index (κ2) is 8.95. The van der Waals surface area contributed by atoms with Crippen LogP contribution in [0.25, 0.3) is 6.08 Å². The Morgan fingerprint density at radius 3 is 2.39 bits per heavy atom. The van der Waals surface area contributed by atoms with Crippen LogP contribution in [0.3, 0.4) is 0 Å². The van der Waals surface area contributed by atoms with E-state index in [9.17, 15) is 23.2 Å². The highest BCUT2D eigenvalue weighted by Gasteiger charge is 2.32. The summed E-state index contributed by atoms with van der Waals surface area (Å²) in [6.07, 6.45) is -3.43. The van der Waals surface area contributed by atoms with Crippen LogP contribution in [0.2, 0.25) is 0 Å². The van der Waals surface area contributed by atoms with Crippen molar-refractivity contribution in [2.75, 3.05) is 19.0 Å². The molecule has 0 aliphatic carbocycles. The van der Waals surface area contributed by atoms with Crippen LogP contribution in [-0.4, -0.2) is 26.4 Å². The fraction of sp³-hybridized carbons (Fsp3) is 0.200. The van der Waals surface area contributed by atoms with E-state index in [-0.39, 0.29) is 17.7 Å². The van der Waals surface area contributed by atoms with Crippen molar-refractivity contribution in [3.05, 3.63) is 65.2 Å². The number of anilines is 1. The second-order valence-corrected chi connectivity index (χ2v) is 5.99. The van der Waals surface area contributed by atoms with E-state index < -0.39 is 18.0 Å². The molecular formula is C20H18F3N3O2. The van der Waals surface area contributed by atoms with Gasteiger partial charge >= 0.3 is 6.36 Å². The molecule has 0 heterocycles. The van der Waals surface area contributed by atoms with Crippen molar-refractivity contribution >= 4 is 17.7 Å². The molecule has 1 N–H and O–H groups in total. The smallest absolute Gasteiger partial charge is 0.405 e. The molecule has 2 aromatic carbocycles. The van der Waals surface area contributed by atoms with E-state index in [0.717, 1.165) is 11.8 Å². The van der Waals surface area contributed by atoms with E-state index in [1.165, 1.54) is 24.3 Å². The van der Waals surface area contributed by atoms with Gasteiger partial charge in [0.15, 0.2) is 0 Å². The fourth-order valence-electron chi connectivity index (χ4n) is 2.33. The first kappa shape index (κ1) is 20.8. The molecule has 0 fully saturated rings. The van der Waals surface area contributed by atoms with Crippen molar-refractivity contribution in [3.8, 4) is 11.8 Å². The van der Waals surface area contributed by atoms with Gasteiger partial charge in [0.1, 0.15) is 17.4 Å². The first-order valence-electron chi connectivity index (χ1n) is 8.20. The summed E-state index contributed by atoms with van der Waals surface area (Å²) in [6, 6.07) is 14.5. The van der Waals surface area contributed by atoms with Crippen molar-refractivity contribution in [2.45, 2.75) is 12.9 Å². The lowest BCUT2D eigenvalue weighted by Gasteiger charge is -2.13. The summed E-state index contributed by atoms with van der Waals surface area (Å²) in [5.74, 6) is -1.10. The predicted octanol–water partition coefficient (Wildman–Crippen LogP) is 3.87. The van der Waals surface area contributed by atoms with Crippen LogP contribution >= 0.6 is 0 Å². The number of nitrogens with one attached hydrogen (secondary N) is 1. The van der Waals surface area contributed by atoms with Crippen molar-refractivity contribution in [2.24, 2.45) is 0 Å². The fourth-order valence-corrected chi connectivity index (χ4v) is 2.33.